The van der Waals surface area contributed by atoms with Crippen molar-refractivity contribution in [3.05, 3.63) is 24.0 Å². The zero-order valence-electron chi connectivity index (χ0n) is 9.81. The first-order valence-electron chi connectivity index (χ1n) is 5.57. The van der Waals surface area contributed by atoms with Gasteiger partial charge in [0.15, 0.2) is 12.9 Å². The number of aldehydes is 1. The van der Waals surface area contributed by atoms with E-state index in [0.717, 1.165) is 12.8 Å². The van der Waals surface area contributed by atoms with Crippen LogP contribution in [0.3, 0.4) is 0 Å². The quantitative estimate of drug-likeness (QED) is 0.570. The van der Waals surface area contributed by atoms with Crippen LogP contribution in [0.15, 0.2) is 18.3 Å². The molecule has 0 atom stereocenters. The lowest BCUT2D eigenvalue weighted by Gasteiger charge is -2.06. The average Bonchev–Trinajstić information content (AvgIpc) is 2.37. The molecule has 0 saturated carbocycles. The number of carbonyl (C=O) groups excluding carboxylic acids is 2. The van der Waals surface area contributed by atoms with Crippen molar-refractivity contribution in [3.8, 4) is 5.75 Å². The zero-order valence-corrected chi connectivity index (χ0v) is 9.81. The fourth-order valence-electron chi connectivity index (χ4n) is 1.15. The summed E-state index contributed by atoms with van der Waals surface area (Å²) in [7, 11) is 0. The number of unbranched alkanes of at least 4 members (excludes halogenated alkanes) is 1. The fourth-order valence-corrected chi connectivity index (χ4v) is 1.15. The Morgan fingerprint density at radius 1 is 1.53 bits per heavy atom. The minimum absolute atomic E-state index is 0.0359. The van der Waals surface area contributed by atoms with Crippen molar-refractivity contribution in [3.63, 3.8) is 0 Å². The van der Waals surface area contributed by atoms with Gasteiger partial charge in [0.1, 0.15) is 11.4 Å². The Morgan fingerprint density at radius 3 is 2.94 bits per heavy atom. The number of hydrogen-bond acceptors (Lipinski definition) is 4. The molecule has 0 aliphatic heterocycles. The Balaban J connectivity index is 2.29. The van der Waals surface area contributed by atoms with E-state index in [4.69, 9.17) is 4.74 Å². The second-order valence-electron chi connectivity index (χ2n) is 3.53. The maximum Gasteiger partial charge on any atom is 0.257 e. The van der Waals surface area contributed by atoms with Crippen LogP contribution in [0.4, 0.5) is 0 Å². The Kier molecular flexibility index (Phi) is 5.71. The number of amides is 1. The van der Waals surface area contributed by atoms with Gasteiger partial charge >= 0.3 is 0 Å². The maximum absolute atomic E-state index is 11.3. The summed E-state index contributed by atoms with van der Waals surface area (Å²) in [6, 6.07) is 3.15. The molecule has 92 valence electrons. The third-order valence-corrected chi connectivity index (χ3v) is 2.10. The standard InChI is InChI=1S/C12H16N2O3/c1-2-3-6-13-12(16)9-17-11-5-4-10(8-15)14-7-11/h4-5,7-8H,2-3,6,9H2,1H3,(H,13,16). The van der Waals surface area contributed by atoms with E-state index < -0.39 is 0 Å². The van der Waals surface area contributed by atoms with Gasteiger partial charge in [-0.1, -0.05) is 13.3 Å². The van der Waals surface area contributed by atoms with E-state index >= 15 is 0 Å². The van der Waals surface area contributed by atoms with Crippen molar-refractivity contribution in [1.29, 1.82) is 0 Å². The Labute approximate surface area is 100 Å². The minimum atomic E-state index is -0.155. The summed E-state index contributed by atoms with van der Waals surface area (Å²) in [4.78, 5) is 25.5. The highest BCUT2D eigenvalue weighted by Crippen LogP contribution is 2.07. The van der Waals surface area contributed by atoms with Crippen LogP contribution in [0.2, 0.25) is 0 Å². The first-order valence-corrected chi connectivity index (χ1v) is 5.57. The average molecular weight is 236 g/mol. The minimum Gasteiger partial charge on any atom is -0.482 e. The van der Waals surface area contributed by atoms with Gasteiger partial charge in [0.2, 0.25) is 0 Å². The molecule has 5 heteroatoms. The number of nitrogens with zero attached hydrogens (tertiary/aromatic N) is 1. The van der Waals surface area contributed by atoms with E-state index in [0.29, 0.717) is 24.3 Å². The van der Waals surface area contributed by atoms with Crippen molar-refractivity contribution in [2.24, 2.45) is 0 Å². The van der Waals surface area contributed by atoms with E-state index in [2.05, 4.69) is 17.2 Å². The molecule has 1 rings (SSSR count). The normalized spacial score (nSPS) is 9.71. The molecule has 0 fully saturated rings. The van der Waals surface area contributed by atoms with Gasteiger partial charge in [-0.05, 0) is 18.6 Å². The van der Waals surface area contributed by atoms with Gasteiger partial charge in [-0.15, -0.1) is 0 Å². The summed E-state index contributed by atoms with van der Waals surface area (Å²) in [5.74, 6) is 0.319. The lowest BCUT2D eigenvalue weighted by atomic mass is 10.3. The SMILES string of the molecule is CCCCNC(=O)COc1ccc(C=O)nc1. The van der Waals surface area contributed by atoms with Gasteiger partial charge in [0, 0.05) is 6.54 Å². The lowest BCUT2D eigenvalue weighted by molar-refractivity contribution is -0.123. The second-order valence-corrected chi connectivity index (χ2v) is 3.53. The maximum atomic E-state index is 11.3. The van der Waals surface area contributed by atoms with E-state index in [1.165, 1.54) is 12.3 Å². The van der Waals surface area contributed by atoms with Gasteiger partial charge < -0.3 is 10.1 Å². The van der Waals surface area contributed by atoms with E-state index in [1.54, 1.807) is 6.07 Å². The van der Waals surface area contributed by atoms with Crippen molar-refractivity contribution in [2.45, 2.75) is 19.8 Å². The first-order chi connectivity index (χ1) is 8.26. The number of rotatable bonds is 7. The lowest BCUT2D eigenvalue weighted by Crippen LogP contribution is -2.29. The third-order valence-electron chi connectivity index (χ3n) is 2.10. The van der Waals surface area contributed by atoms with Crippen LogP contribution in [0, 0.1) is 0 Å². The van der Waals surface area contributed by atoms with Crippen molar-refractivity contribution in [1.82, 2.24) is 10.3 Å². The molecule has 1 amide bonds. The van der Waals surface area contributed by atoms with Gasteiger partial charge in [-0.2, -0.15) is 0 Å². The molecule has 1 aromatic rings. The Hall–Kier alpha value is -1.91. The monoisotopic (exact) mass is 236 g/mol. The molecule has 0 aliphatic carbocycles. The zero-order chi connectivity index (χ0) is 12.5. The predicted molar refractivity (Wildman–Crippen MR) is 63.0 cm³/mol. The van der Waals surface area contributed by atoms with Gasteiger partial charge in [-0.25, -0.2) is 4.98 Å². The Morgan fingerprint density at radius 2 is 2.35 bits per heavy atom. The summed E-state index contributed by atoms with van der Waals surface area (Å²) < 4.78 is 5.21. The predicted octanol–water partition coefficient (Wildman–Crippen LogP) is 1.19. The van der Waals surface area contributed by atoms with Crippen LogP contribution in [-0.4, -0.2) is 30.3 Å². The largest absolute Gasteiger partial charge is 0.482 e. The summed E-state index contributed by atoms with van der Waals surface area (Å²) in [6.07, 6.45) is 4.07. The summed E-state index contributed by atoms with van der Waals surface area (Å²) in [5, 5.41) is 2.74. The Bertz CT molecular complexity index is 363. The van der Waals surface area contributed by atoms with Gasteiger partial charge in [0.25, 0.3) is 5.91 Å². The smallest absolute Gasteiger partial charge is 0.257 e. The fraction of sp³-hybridized carbons (Fsp3) is 0.417. The van der Waals surface area contributed by atoms with Gasteiger partial charge in [-0.3, -0.25) is 9.59 Å². The van der Waals surface area contributed by atoms with Crippen molar-refractivity contribution >= 4 is 12.2 Å². The van der Waals surface area contributed by atoms with Crippen molar-refractivity contribution in [2.75, 3.05) is 13.2 Å². The molecule has 0 aromatic carbocycles. The summed E-state index contributed by atoms with van der Waals surface area (Å²) >= 11 is 0. The molecule has 1 N–H and O–H groups in total. The molecule has 17 heavy (non-hydrogen) atoms. The number of nitrogens with one attached hydrogen (secondary N) is 1. The molecular formula is C12H16N2O3. The molecule has 5 nitrogen and oxygen atoms in total. The highest BCUT2D eigenvalue weighted by Gasteiger charge is 2.02. The topological polar surface area (TPSA) is 68.3 Å². The van der Waals surface area contributed by atoms with Crippen molar-refractivity contribution < 1.29 is 14.3 Å². The summed E-state index contributed by atoms with van der Waals surface area (Å²) in [5.41, 5.74) is 0.338. The highest BCUT2D eigenvalue weighted by molar-refractivity contribution is 5.77. The van der Waals surface area contributed by atoms with Crippen LogP contribution in [0.25, 0.3) is 0 Å². The van der Waals surface area contributed by atoms with E-state index in [1.807, 2.05) is 0 Å². The number of pyridine rings is 1. The molecule has 0 unspecified atom stereocenters. The van der Waals surface area contributed by atoms with E-state index in [-0.39, 0.29) is 12.5 Å². The molecular weight excluding hydrogens is 220 g/mol. The van der Waals surface area contributed by atoms with Crippen LogP contribution in [0.5, 0.6) is 5.75 Å². The van der Waals surface area contributed by atoms with Crippen LogP contribution in [-0.2, 0) is 4.79 Å². The second kappa shape index (κ2) is 7.38. The van der Waals surface area contributed by atoms with E-state index in [9.17, 15) is 9.59 Å². The molecule has 1 heterocycles. The molecule has 1 aromatic heterocycles. The molecule has 0 saturated heterocycles. The van der Waals surface area contributed by atoms with Gasteiger partial charge in [0.05, 0.1) is 6.20 Å². The van der Waals surface area contributed by atoms with Crippen LogP contribution >= 0.6 is 0 Å². The summed E-state index contributed by atoms with van der Waals surface area (Å²) in [6.45, 7) is 2.69. The number of ether oxygens (including phenoxy) is 1. The highest BCUT2D eigenvalue weighted by atomic mass is 16.5. The molecule has 0 aliphatic rings. The van der Waals surface area contributed by atoms with Crippen LogP contribution < -0.4 is 10.1 Å². The first kappa shape index (κ1) is 13.2. The number of aromatic nitrogens is 1. The van der Waals surface area contributed by atoms with Crippen LogP contribution in [0.1, 0.15) is 30.3 Å². The molecule has 0 radical (unpaired) electrons. The number of carbonyl (C=O) groups is 2. The number of hydrogen-bond donors (Lipinski definition) is 1. The third kappa shape index (κ3) is 5.10. The molecule has 0 bridgehead atoms. The molecule has 0 spiro atoms.